The molecule has 17 nitrogen and oxygen atoms in total. The molecule has 0 saturated carbocycles. The van der Waals surface area contributed by atoms with Gasteiger partial charge in [0.2, 0.25) is 0 Å². The summed E-state index contributed by atoms with van der Waals surface area (Å²) in [6.07, 6.45) is 63.9. The highest BCUT2D eigenvalue weighted by Crippen LogP contribution is 2.45. The number of phosphoric acid groups is 2. The van der Waals surface area contributed by atoms with Gasteiger partial charge in [-0.25, -0.2) is 9.13 Å². The Morgan fingerprint density at radius 3 is 0.738 bits per heavy atom. The van der Waals surface area contributed by atoms with E-state index in [1.807, 2.05) is 0 Å². The summed E-state index contributed by atoms with van der Waals surface area (Å²) < 4.78 is 68.7. The van der Waals surface area contributed by atoms with Crippen molar-refractivity contribution in [1.82, 2.24) is 0 Å². The van der Waals surface area contributed by atoms with E-state index in [0.717, 1.165) is 114 Å². The number of carbonyl (C=O) groups is 4. The standard InChI is InChI=1S/C84H164O17P2/c1-8-10-11-12-13-44-51-58-65-81(86)94-71-79(100-84(89)68-61-54-47-40-34-28-27-30-36-42-49-56-63-76(5)6)73-98-102(90,91)96-69-78(85)70-97-103(92,93)99-74-80(72-95-82(87)66-59-52-45-38-32-25-22-18-19-23-29-35-41-48-55-62-75(3)4)101-83(88)67-60-53-46-39-33-26-21-17-15-14-16-20-24-31-37-43-50-57-64-77(7)9-2/h75-80,85H,8-74H2,1-7H3,(H,90,91)(H,92,93)/t77?,78-,79+,80+/m0/s1. The Bertz CT molecular complexity index is 1990. The molecule has 0 aromatic carbocycles. The fourth-order valence-corrected chi connectivity index (χ4v) is 14.6. The number of rotatable bonds is 82. The molecular weight excluding hydrogens is 1340 g/mol. The van der Waals surface area contributed by atoms with E-state index in [2.05, 4.69) is 48.5 Å². The number of unbranched alkanes of at least 4 members (excludes halogenated alkanes) is 49. The van der Waals surface area contributed by atoms with E-state index in [4.69, 9.17) is 37.0 Å². The smallest absolute Gasteiger partial charge is 0.462 e. The van der Waals surface area contributed by atoms with Crippen LogP contribution in [0.2, 0.25) is 0 Å². The predicted molar refractivity (Wildman–Crippen MR) is 423 cm³/mol. The highest BCUT2D eigenvalue weighted by atomic mass is 31.2. The first-order valence-electron chi connectivity index (χ1n) is 43.4. The Kier molecular flexibility index (Phi) is 72.8. The fraction of sp³-hybridized carbons (Fsp3) is 0.952. The molecule has 0 radical (unpaired) electrons. The van der Waals surface area contributed by atoms with E-state index in [1.165, 1.54) is 244 Å². The third-order valence-corrected chi connectivity index (χ3v) is 21.9. The first-order valence-corrected chi connectivity index (χ1v) is 46.4. The molecule has 0 rings (SSSR count). The molecule has 0 aromatic heterocycles. The number of hydrogen-bond donors (Lipinski definition) is 3. The molecule has 0 aliphatic heterocycles. The lowest BCUT2D eigenvalue weighted by Crippen LogP contribution is -2.30. The zero-order chi connectivity index (χ0) is 75.8. The summed E-state index contributed by atoms with van der Waals surface area (Å²) in [5.74, 6) is 0.345. The number of ether oxygens (including phenoxy) is 4. The van der Waals surface area contributed by atoms with Gasteiger partial charge < -0.3 is 33.8 Å². The van der Waals surface area contributed by atoms with Gasteiger partial charge in [0.05, 0.1) is 26.4 Å². The fourth-order valence-electron chi connectivity index (χ4n) is 13.0. The molecule has 0 fully saturated rings. The number of carbonyl (C=O) groups excluding carboxylic acids is 4. The summed E-state index contributed by atoms with van der Waals surface area (Å²) in [6.45, 7) is 12.0. The molecule has 19 heteroatoms. The summed E-state index contributed by atoms with van der Waals surface area (Å²) in [5, 5.41) is 10.6. The highest BCUT2D eigenvalue weighted by Gasteiger charge is 2.30. The van der Waals surface area contributed by atoms with Gasteiger partial charge in [0.25, 0.3) is 0 Å². The molecule has 612 valence electrons. The van der Waals surface area contributed by atoms with Crippen LogP contribution in [-0.4, -0.2) is 96.7 Å². The van der Waals surface area contributed by atoms with E-state index < -0.39 is 97.5 Å². The molecule has 0 heterocycles. The van der Waals surface area contributed by atoms with Gasteiger partial charge in [0, 0.05) is 25.7 Å². The summed E-state index contributed by atoms with van der Waals surface area (Å²) in [5.41, 5.74) is 0. The average molecular weight is 1510 g/mol. The zero-order valence-electron chi connectivity index (χ0n) is 67.8. The summed E-state index contributed by atoms with van der Waals surface area (Å²) in [4.78, 5) is 73.0. The maximum atomic E-state index is 13.1. The van der Waals surface area contributed by atoms with E-state index in [0.29, 0.717) is 25.7 Å². The lowest BCUT2D eigenvalue weighted by molar-refractivity contribution is -0.161. The molecule has 6 atom stereocenters. The molecule has 3 N–H and O–H groups in total. The maximum absolute atomic E-state index is 13.1. The summed E-state index contributed by atoms with van der Waals surface area (Å²) in [7, 11) is -9.92. The van der Waals surface area contributed by atoms with Crippen LogP contribution in [0.4, 0.5) is 0 Å². The maximum Gasteiger partial charge on any atom is 0.472 e. The van der Waals surface area contributed by atoms with Crippen LogP contribution in [0.15, 0.2) is 0 Å². The second-order valence-corrected chi connectivity index (χ2v) is 34.3. The first-order chi connectivity index (χ1) is 49.8. The molecule has 0 amide bonds. The second kappa shape index (κ2) is 74.2. The quantitative estimate of drug-likeness (QED) is 0.0222. The topological polar surface area (TPSA) is 237 Å². The van der Waals surface area contributed by atoms with Crippen molar-refractivity contribution in [2.45, 2.75) is 458 Å². The van der Waals surface area contributed by atoms with Gasteiger partial charge in [-0.2, -0.15) is 0 Å². The largest absolute Gasteiger partial charge is 0.472 e. The molecule has 3 unspecified atom stereocenters. The van der Waals surface area contributed by atoms with Crippen LogP contribution in [0, 0.1) is 17.8 Å². The van der Waals surface area contributed by atoms with Gasteiger partial charge >= 0.3 is 39.5 Å². The minimum atomic E-state index is -4.96. The van der Waals surface area contributed by atoms with Crippen molar-refractivity contribution in [1.29, 1.82) is 0 Å². The molecule has 103 heavy (non-hydrogen) atoms. The van der Waals surface area contributed by atoms with Crippen molar-refractivity contribution >= 4 is 39.5 Å². The van der Waals surface area contributed by atoms with Gasteiger partial charge in [-0.15, -0.1) is 0 Å². The van der Waals surface area contributed by atoms with E-state index in [-0.39, 0.29) is 25.7 Å². The van der Waals surface area contributed by atoms with Crippen molar-refractivity contribution in [3.05, 3.63) is 0 Å². The molecule has 0 aliphatic carbocycles. The van der Waals surface area contributed by atoms with Crippen LogP contribution < -0.4 is 0 Å². The van der Waals surface area contributed by atoms with Crippen LogP contribution in [0.25, 0.3) is 0 Å². The Hall–Kier alpha value is -1.94. The second-order valence-electron chi connectivity index (χ2n) is 31.4. The minimum absolute atomic E-state index is 0.107. The van der Waals surface area contributed by atoms with Crippen molar-refractivity contribution in [2.24, 2.45) is 17.8 Å². The number of esters is 4. The SMILES string of the molecule is CCCCCCCCCCC(=O)OC[C@H](COP(=O)(O)OC[C@H](O)COP(=O)(O)OC[C@@H](COC(=O)CCCCCCCCCCCCCCCCCC(C)C)OC(=O)CCCCCCCCCCCCCCCCCCCCC(C)CC)OC(=O)CCCCCCCCCCCCCCC(C)C. The number of phosphoric ester groups is 2. The average Bonchev–Trinajstić information content (AvgIpc) is 0.914. The third kappa shape index (κ3) is 76.6. The Balaban J connectivity index is 5.19. The van der Waals surface area contributed by atoms with Crippen molar-refractivity contribution in [2.75, 3.05) is 39.6 Å². The van der Waals surface area contributed by atoms with Gasteiger partial charge in [-0.3, -0.25) is 37.3 Å². The Labute approximate surface area is 632 Å². The molecule has 0 aliphatic rings. The van der Waals surface area contributed by atoms with Crippen LogP contribution in [0.5, 0.6) is 0 Å². The molecule has 0 saturated heterocycles. The summed E-state index contributed by atoms with van der Waals surface area (Å²) in [6, 6.07) is 0. The van der Waals surface area contributed by atoms with Crippen molar-refractivity contribution < 1.29 is 80.2 Å². The third-order valence-electron chi connectivity index (χ3n) is 20.0. The van der Waals surface area contributed by atoms with Crippen molar-refractivity contribution in [3.8, 4) is 0 Å². The van der Waals surface area contributed by atoms with E-state index in [1.54, 1.807) is 0 Å². The number of hydrogen-bond acceptors (Lipinski definition) is 15. The van der Waals surface area contributed by atoms with Gasteiger partial charge in [0.15, 0.2) is 12.2 Å². The Morgan fingerprint density at radius 2 is 0.495 bits per heavy atom. The van der Waals surface area contributed by atoms with E-state index >= 15 is 0 Å². The highest BCUT2D eigenvalue weighted by molar-refractivity contribution is 7.47. The first kappa shape index (κ1) is 101. The Morgan fingerprint density at radius 1 is 0.282 bits per heavy atom. The lowest BCUT2D eigenvalue weighted by Gasteiger charge is -2.21. The van der Waals surface area contributed by atoms with Crippen LogP contribution in [0.3, 0.4) is 0 Å². The van der Waals surface area contributed by atoms with Gasteiger partial charge in [-0.05, 0) is 43.4 Å². The molecule has 0 spiro atoms. The van der Waals surface area contributed by atoms with Gasteiger partial charge in [0.1, 0.15) is 19.3 Å². The van der Waals surface area contributed by atoms with Crippen LogP contribution in [-0.2, 0) is 65.4 Å². The number of aliphatic hydroxyl groups is 1. The summed E-state index contributed by atoms with van der Waals surface area (Å²) >= 11 is 0. The molecular formula is C84H164O17P2. The zero-order valence-corrected chi connectivity index (χ0v) is 69.6. The van der Waals surface area contributed by atoms with Gasteiger partial charge in [-0.1, -0.05) is 389 Å². The number of aliphatic hydroxyl groups excluding tert-OH is 1. The lowest BCUT2D eigenvalue weighted by atomic mass is 9.99. The predicted octanol–water partition coefficient (Wildman–Crippen LogP) is 25.3. The monoisotopic (exact) mass is 1510 g/mol. The normalized spacial score (nSPS) is 14.2. The van der Waals surface area contributed by atoms with Crippen molar-refractivity contribution in [3.63, 3.8) is 0 Å². The molecule has 0 aromatic rings. The molecule has 0 bridgehead atoms. The van der Waals surface area contributed by atoms with Crippen LogP contribution in [0.1, 0.15) is 440 Å². The minimum Gasteiger partial charge on any atom is -0.462 e. The van der Waals surface area contributed by atoms with E-state index in [9.17, 15) is 43.2 Å². The van der Waals surface area contributed by atoms with Crippen LogP contribution >= 0.6 is 15.6 Å².